The number of hydrogen-bond donors (Lipinski definition) is 2. The maximum Gasteiger partial charge on any atom is 0.265 e. The van der Waals surface area contributed by atoms with E-state index < -0.39 is 10.0 Å². The van der Waals surface area contributed by atoms with E-state index >= 15 is 0 Å². The standard InChI is InChI=1S/C11H16N4O3S2/c1-7(2)15-5-10(4-9(15)6-16)20(17,18)14-11-13-12-8(3)19-11/h4-5,7,16H,6H2,1-3H3,(H,13,14). The Morgan fingerprint density at radius 1 is 1.45 bits per heavy atom. The van der Waals surface area contributed by atoms with Crippen LogP contribution in [0.3, 0.4) is 0 Å². The van der Waals surface area contributed by atoms with Crippen molar-refractivity contribution in [3.63, 3.8) is 0 Å². The Morgan fingerprint density at radius 2 is 2.15 bits per heavy atom. The number of anilines is 1. The van der Waals surface area contributed by atoms with Crippen molar-refractivity contribution in [3.05, 3.63) is 23.0 Å². The number of hydrogen-bond acceptors (Lipinski definition) is 6. The highest BCUT2D eigenvalue weighted by atomic mass is 32.2. The van der Waals surface area contributed by atoms with E-state index in [9.17, 15) is 13.5 Å². The molecule has 2 heterocycles. The monoisotopic (exact) mass is 316 g/mol. The van der Waals surface area contributed by atoms with Crippen LogP contribution >= 0.6 is 11.3 Å². The highest BCUT2D eigenvalue weighted by Gasteiger charge is 2.20. The van der Waals surface area contributed by atoms with E-state index in [1.807, 2.05) is 13.8 Å². The first-order valence-electron chi connectivity index (χ1n) is 5.98. The first kappa shape index (κ1) is 14.9. The Labute approximate surface area is 121 Å². The third kappa shape index (κ3) is 3.00. The van der Waals surface area contributed by atoms with Gasteiger partial charge in [-0.1, -0.05) is 11.3 Å². The third-order valence-corrected chi connectivity index (χ3v) is 4.87. The van der Waals surface area contributed by atoms with Crippen molar-refractivity contribution in [2.75, 3.05) is 4.72 Å². The molecule has 2 rings (SSSR count). The van der Waals surface area contributed by atoms with Gasteiger partial charge in [-0.2, -0.15) is 0 Å². The Hall–Kier alpha value is -1.45. The minimum absolute atomic E-state index is 0.0601. The quantitative estimate of drug-likeness (QED) is 0.871. The van der Waals surface area contributed by atoms with Gasteiger partial charge in [0.2, 0.25) is 5.13 Å². The molecule has 2 aromatic heterocycles. The summed E-state index contributed by atoms with van der Waals surface area (Å²) in [7, 11) is -3.72. The predicted molar refractivity (Wildman–Crippen MR) is 76.2 cm³/mol. The van der Waals surface area contributed by atoms with Crippen molar-refractivity contribution < 1.29 is 13.5 Å². The Bertz CT molecular complexity index is 703. The number of sulfonamides is 1. The topological polar surface area (TPSA) is 97.1 Å². The minimum atomic E-state index is -3.72. The lowest BCUT2D eigenvalue weighted by atomic mass is 10.3. The van der Waals surface area contributed by atoms with Crippen LogP contribution in [0.2, 0.25) is 0 Å². The maximum atomic E-state index is 12.2. The summed E-state index contributed by atoms with van der Waals surface area (Å²) in [5, 5.41) is 17.7. The van der Waals surface area contributed by atoms with Crippen LogP contribution in [-0.4, -0.2) is 28.3 Å². The highest BCUT2D eigenvalue weighted by Crippen LogP contribution is 2.23. The largest absolute Gasteiger partial charge is 0.390 e. The molecule has 0 unspecified atom stereocenters. The molecule has 20 heavy (non-hydrogen) atoms. The van der Waals surface area contributed by atoms with E-state index in [0.717, 1.165) is 11.3 Å². The van der Waals surface area contributed by atoms with Crippen molar-refractivity contribution in [1.82, 2.24) is 14.8 Å². The van der Waals surface area contributed by atoms with Gasteiger partial charge in [-0.25, -0.2) is 8.42 Å². The molecule has 0 aliphatic heterocycles. The zero-order valence-electron chi connectivity index (χ0n) is 11.4. The van der Waals surface area contributed by atoms with Crippen molar-refractivity contribution >= 4 is 26.5 Å². The van der Waals surface area contributed by atoms with Gasteiger partial charge in [0.1, 0.15) is 9.90 Å². The first-order chi connectivity index (χ1) is 9.33. The van der Waals surface area contributed by atoms with Crippen molar-refractivity contribution in [2.45, 2.75) is 38.3 Å². The molecule has 0 spiro atoms. The Kier molecular flexibility index (Phi) is 4.11. The fourth-order valence-electron chi connectivity index (χ4n) is 1.76. The number of aliphatic hydroxyl groups excluding tert-OH is 1. The van der Waals surface area contributed by atoms with Crippen LogP contribution in [0.25, 0.3) is 0 Å². The number of nitrogens with zero attached hydrogens (tertiary/aromatic N) is 3. The van der Waals surface area contributed by atoms with Gasteiger partial charge < -0.3 is 9.67 Å². The van der Waals surface area contributed by atoms with Gasteiger partial charge in [0.05, 0.1) is 6.61 Å². The molecule has 7 nitrogen and oxygen atoms in total. The van der Waals surface area contributed by atoms with Crippen molar-refractivity contribution in [1.29, 1.82) is 0 Å². The normalized spacial score (nSPS) is 12.1. The smallest absolute Gasteiger partial charge is 0.265 e. The van der Waals surface area contributed by atoms with Gasteiger partial charge in [-0.15, -0.1) is 10.2 Å². The molecule has 0 atom stereocenters. The van der Waals surface area contributed by atoms with E-state index in [0.29, 0.717) is 10.7 Å². The van der Waals surface area contributed by atoms with Gasteiger partial charge >= 0.3 is 0 Å². The van der Waals surface area contributed by atoms with E-state index in [2.05, 4.69) is 14.9 Å². The molecule has 0 radical (unpaired) electrons. The van der Waals surface area contributed by atoms with Crippen LogP contribution in [0.1, 0.15) is 30.6 Å². The zero-order chi connectivity index (χ0) is 14.9. The first-order valence-corrected chi connectivity index (χ1v) is 8.28. The predicted octanol–water partition coefficient (Wildman–Crippen LogP) is 1.52. The van der Waals surface area contributed by atoms with Gasteiger partial charge in [0.15, 0.2) is 0 Å². The number of nitrogens with one attached hydrogen (secondary N) is 1. The van der Waals surface area contributed by atoms with Crippen LogP contribution in [0, 0.1) is 6.92 Å². The van der Waals surface area contributed by atoms with Gasteiger partial charge in [-0.3, -0.25) is 4.72 Å². The molecular formula is C11H16N4O3S2. The molecule has 0 fully saturated rings. The molecule has 0 aliphatic carbocycles. The number of rotatable bonds is 5. The van der Waals surface area contributed by atoms with E-state index in [4.69, 9.17) is 0 Å². The molecule has 0 saturated heterocycles. The van der Waals surface area contributed by atoms with Crippen LogP contribution in [0.4, 0.5) is 5.13 Å². The molecular weight excluding hydrogens is 300 g/mol. The maximum absolute atomic E-state index is 12.2. The average molecular weight is 316 g/mol. The molecule has 0 saturated carbocycles. The summed E-state index contributed by atoms with van der Waals surface area (Å²) in [5.41, 5.74) is 0.550. The van der Waals surface area contributed by atoms with Gasteiger partial charge in [0, 0.05) is 17.9 Å². The lowest BCUT2D eigenvalue weighted by Crippen LogP contribution is -2.12. The van der Waals surface area contributed by atoms with Crippen LogP contribution in [0.5, 0.6) is 0 Å². The zero-order valence-corrected chi connectivity index (χ0v) is 13.0. The molecule has 110 valence electrons. The molecule has 0 aliphatic rings. The molecule has 0 aromatic carbocycles. The van der Waals surface area contributed by atoms with Gasteiger partial charge in [0.25, 0.3) is 10.0 Å². The van der Waals surface area contributed by atoms with Crippen LogP contribution < -0.4 is 4.72 Å². The minimum Gasteiger partial charge on any atom is -0.390 e. The summed E-state index contributed by atoms with van der Waals surface area (Å²) in [5.74, 6) is 0. The van der Waals surface area contributed by atoms with Crippen molar-refractivity contribution in [2.24, 2.45) is 0 Å². The van der Waals surface area contributed by atoms with E-state index in [-0.39, 0.29) is 22.7 Å². The van der Waals surface area contributed by atoms with Crippen LogP contribution in [-0.2, 0) is 16.6 Å². The summed E-state index contributed by atoms with van der Waals surface area (Å²) < 4.78 is 28.6. The van der Waals surface area contributed by atoms with Crippen molar-refractivity contribution in [3.8, 4) is 0 Å². The Morgan fingerprint density at radius 3 is 2.60 bits per heavy atom. The Balaban J connectivity index is 2.34. The average Bonchev–Trinajstić information content (AvgIpc) is 2.95. The lowest BCUT2D eigenvalue weighted by Gasteiger charge is -2.10. The number of aryl methyl sites for hydroxylation is 1. The molecule has 9 heteroatoms. The fraction of sp³-hybridized carbons (Fsp3) is 0.455. The summed E-state index contributed by atoms with van der Waals surface area (Å²) >= 11 is 1.16. The molecule has 0 amide bonds. The molecule has 2 aromatic rings. The summed E-state index contributed by atoms with van der Waals surface area (Å²) in [4.78, 5) is 0.100. The second-order valence-corrected chi connectivity index (χ2v) is 7.42. The SMILES string of the molecule is Cc1nnc(NS(=O)(=O)c2cc(CO)n(C(C)C)c2)s1. The lowest BCUT2D eigenvalue weighted by molar-refractivity contribution is 0.268. The second-order valence-electron chi connectivity index (χ2n) is 4.56. The molecule has 0 bridgehead atoms. The second kappa shape index (κ2) is 5.51. The highest BCUT2D eigenvalue weighted by molar-refractivity contribution is 7.93. The fourth-order valence-corrected chi connectivity index (χ4v) is 3.63. The summed E-state index contributed by atoms with van der Waals surface area (Å²) in [6.45, 7) is 5.36. The van der Waals surface area contributed by atoms with E-state index in [1.54, 1.807) is 11.5 Å². The summed E-state index contributed by atoms with van der Waals surface area (Å²) in [6.07, 6.45) is 1.51. The molecule has 2 N–H and O–H groups in total. The van der Waals surface area contributed by atoms with E-state index in [1.165, 1.54) is 12.3 Å². The third-order valence-electron chi connectivity index (χ3n) is 2.68. The summed E-state index contributed by atoms with van der Waals surface area (Å²) in [6, 6.07) is 1.51. The number of aliphatic hydroxyl groups is 1. The van der Waals surface area contributed by atoms with Gasteiger partial charge in [-0.05, 0) is 26.8 Å². The number of aromatic nitrogens is 3. The van der Waals surface area contributed by atoms with Crippen LogP contribution in [0.15, 0.2) is 17.2 Å².